The van der Waals surface area contributed by atoms with E-state index >= 15 is 0 Å². The molecule has 7 nitrogen and oxygen atoms in total. The third-order valence-corrected chi connectivity index (χ3v) is 7.17. The first-order chi connectivity index (χ1) is 14.3. The molecule has 0 N–H and O–H groups in total. The van der Waals surface area contributed by atoms with Gasteiger partial charge in [-0.2, -0.15) is 4.31 Å². The van der Waals surface area contributed by atoms with Gasteiger partial charge in [0.1, 0.15) is 5.82 Å². The summed E-state index contributed by atoms with van der Waals surface area (Å²) in [6.07, 6.45) is 0. The predicted octanol–water partition coefficient (Wildman–Crippen LogP) is 2.67. The number of hydrogen-bond donors (Lipinski definition) is 0. The summed E-state index contributed by atoms with van der Waals surface area (Å²) in [5, 5.41) is 0. The topological polar surface area (TPSA) is 68.3 Å². The molecular formula is C21H27FN2O5S. The van der Waals surface area contributed by atoms with Gasteiger partial charge in [-0.05, 0) is 36.8 Å². The maximum absolute atomic E-state index is 13.5. The number of sulfonamides is 1. The number of hydrogen-bond acceptors (Lipinski definition) is 6. The Morgan fingerprint density at radius 1 is 0.933 bits per heavy atom. The quantitative estimate of drug-likeness (QED) is 0.662. The summed E-state index contributed by atoms with van der Waals surface area (Å²) < 4.78 is 57.1. The highest BCUT2D eigenvalue weighted by atomic mass is 32.2. The van der Waals surface area contributed by atoms with Crippen molar-refractivity contribution in [3.05, 3.63) is 47.3 Å². The maximum Gasteiger partial charge on any atom is 0.243 e. The lowest BCUT2D eigenvalue weighted by molar-refractivity contribution is 0.179. The van der Waals surface area contributed by atoms with Crippen molar-refractivity contribution >= 4 is 10.0 Å². The van der Waals surface area contributed by atoms with Gasteiger partial charge in [-0.3, -0.25) is 4.90 Å². The fourth-order valence-electron chi connectivity index (χ4n) is 3.58. The van der Waals surface area contributed by atoms with Gasteiger partial charge >= 0.3 is 0 Å². The van der Waals surface area contributed by atoms with Crippen molar-refractivity contribution in [1.29, 1.82) is 0 Å². The molecule has 2 aromatic carbocycles. The molecule has 0 aliphatic carbocycles. The third kappa shape index (κ3) is 4.38. The number of methoxy groups -OCH3 is 3. The molecule has 1 saturated heterocycles. The molecule has 0 atom stereocenters. The van der Waals surface area contributed by atoms with Crippen LogP contribution in [0.3, 0.4) is 0 Å². The Kier molecular flexibility index (Phi) is 6.84. The minimum atomic E-state index is -3.65. The molecule has 2 aromatic rings. The standard InChI is InChI=1S/C21H27FN2O5S/c1-15-13-17(6-7-18(15)22)30(25,26)24-11-9-23(10-12-24)14-16-5-8-19(27-2)21(29-4)20(16)28-3/h5-8,13H,9-12,14H2,1-4H3. The number of halogens is 1. The van der Waals surface area contributed by atoms with E-state index in [0.29, 0.717) is 55.5 Å². The summed E-state index contributed by atoms with van der Waals surface area (Å²) in [5.41, 5.74) is 1.25. The molecule has 0 saturated carbocycles. The van der Waals surface area contributed by atoms with Crippen molar-refractivity contribution in [2.24, 2.45) is 0 Å². The van der Waals surface area contributed by atoms with Crippen LogP contribution in [0.5, 0.6) is 17.2 Å². The Bertz CT molecular complexity index is 1000. The Labute approximate surface area is 177 Å². The van der Waals surface area contributed by atoms with Crippen LogP contribution in [-0.4, -0.2) is 65.1 Å². The zero-order valence-corrected chi connectivity index (χ0v) is 18.5. The van der Waals surface area contributed by atoms with E-state index in [1.807, 2.05) is 12.1 Å². The van der Waals surface area contributed by atoms with Crippen molar-refractivity contribution in [1.82, 2.24) is 9.21 Å². The second-order valence-electron chi connectivity index (χ2n) is 7.08. The van der Waals surface area contributed by atoms with Gasteiger partial charge in [0, 0.05) is 38.3 Å². The van der Waals surface area contributed by atoms with Gasteiger partial charge in [0.05, 0.1) is 26.2 Å². The summed E-state index contributed by atoms with van der Waals surface area (Å²) in [4.78, 5) is 2.28. The molecule has 0 unspecified atom stereocenters. The van der Waals surface area contributed by atoms with Crippen LogP contribution in [0, 0.1) is 12.7 Å². The van der Waals surface area contributed by atoms with E-state index in [0.717, 1.165) is 5.56 Å². The van der Waals surface area contributed by atoms with Crippen molar-refractivity contribution in [2.75, 3.05) is 47.5 Å². The van der Waals surface area contributed by atoms with E-state index in [9.17, 15) is 12.8 Å². The Morgan fingerprint density at radius 2 is 1.60 bits per heavy atom. The van der Waals surface area contributed by atoms with Crippen molar-refractivity contribution in [3.8, 4) is 17.2 Å². The lowest BCUT2D eigenvalue weighted by Crippen LogP contribution is -2.48. The Hall–Kier alpha value is -2.36. The van der Waals surface area contributed by atoms with E-state index in [1.54, 1.807) is 28.3 Å². The first-order valence-electron chi connectivity index (χ1n) is 9.58. The highest BCUT2D eigenvalue weighted by molar-refractivity contribution is 7.89. The van der Waals surface area contributed by atoms with Gasteiger partial charge in [0.15, 0.2) is 11.5 Å². The van der Waals surface area contributed by atoms with Gasteiger partial charge in [-0.15, -0.1) is 0 Å². The Balaban J connectivity index is 1.71. The van der Waals surface area contributed by atoms with Crippen molar-refractivity contribution in [2.45, 2.75) is 18.4 Å². The van der Waals surface area contributed by atoms with Crippen LogP contribution < -0.4 is 14.2 Å². The monoisotopic (exact) mass is 438 g/mol. The molecule has 0 amide bonds. The number of ether oxygens (including phenoxy) is 3. The normalized spacial score (nSPS) is 15.8. The van der Waals surface area contributed by atoms with Crippen molar-refractivity contribution < 1.29 is 27.0 Å². The molecule has 1 heterocycles. The zero-order valence-electron chi connectivity index (χ0n) is 17.6. The van der Waals surface area contributed by atoms with E-state index in [2.05, 4.69) is 4.90 Å². The van der Waals surface area contributed by atoms with Crippen molar-refractivity contribution in [3.63, 3.8) is 0 Å². The van der Waals surface area contributed by atoms with Crippen LogP contribution in [0.25, 0.3) is 0 Å². The van der Waals surface area contributed by atoms with Gasteiger partial charge in [-0.25, -0.2) is 12.8 Å². The van der Waals surface area contributed by atoms with Gasteiger partial charge in [0.25, 0.3) is 0 Å². The van der Waals surface area contributed by atoms with Crippen LogP contribution >= 0.6 is 0 Å². The van der Waals surface area contributed by atoms with E-state index in [-0.39, 0.29) is 4.90 Å². The molecule has 1 fully saturated rings. The molecule has 0 radical (unpaired) electrons. The molecule has 9 heteroatoms. The van der Waals surface area contributed by atoms with E-state index in [1.165, 1.54) is 22.5 Å². The van der Waals surface area contributed by atoms with Crippen LogP contribution in [0.2, 0.25) is 0 Å². The third-order valence-electron chi connectivity index (χ3n) is 5.28. The summed E-state index contributed by atoms with van der Waals surface area (Å²) >= 11 is 0. The van der Waals surface area contributed by atoms with Crippen LogP contribution in [0.15, 0.2) is 35.2 Å². The van der Waals surface area contributed by atoms with Crippen LogP contribution in [0.4, 0.5) is 4.39 Å². The molecule has 1 aliphatic heterocycles. The van der Waals surface area contributed by atoms with Crippen LogP contribution in [0.1, 0.15) is 11.1 Å². The van der Waals surface area contributed by atoms with E-state index in [4.69, 9.17) is 14.2 Å². The molecule has 1 aliphatic rings. The lowest BCUT2D eigenvalue weighted by Gasteiger charge is -2.34. The number of nitrogens with zero attached hydrogens (tertiary/aromatic N) is 2. The lowest BCUT2D eigenvalue weighted by atomic mass is 10.1. The number of piperazine rings is 1. The highest BCUT2D eigenvalue weighted by Crippen LogP contribution is 2.40. The average molecular weight is 439 g/mol. The summed E-state index contributed by atoms with van der Waals surface area (Å²) in [5.74, 6) is 1.31. The van der Waals surface area contributed by atoms with Gasteiger partial charge in [0.2, 0.25) is 15.8 Å². The number of aryl methyl sites for hydroxylation is 1. The molecule has 0 aromatic heterocycles. The summed E-state index contributed by atoms with van der Waals surface area (Å²) in [6, 6.07) is 7.64. The molecule has 3 rings (SSSR count). The van der Waals surface area contributed by atoms with Gasteiger partial charge < -0.3 is 14.2 Å². The fraction of sp³-hybridized carbons (Fsp3) is 0.429. The minimum Gasteiger partial charge on any atom is -0.493 e. The first kappa shape index (κ1) is 22.3. The van der Waals surface area contributed by atoms with Crippen LogP contribution in [-0.2, 0) is 16.6 Å². The smallest absolute Gasteiger partial charge is 0.243 e. The SMILES string of the molecule is COc1ccc(CN2CCN(S(=O)(=O)c3ccc(F)c(C)c3)CC2)c(OC)c1OC. The molecular weight excluding hydrogens is 411 g/mol. The zero-order chi connectivity index (χ0) is 21.9. The average Bonchev–Trinajstić information content (AvgIpc) is 2.75. The molecule has 30 heavy (non-hydrogen) atoms. The Morgan fingerprint density at radius 3 is 2.17 bits per heavy atom. The minimum absolute atomic E-state index is 0.122. The summed E-state index contributed by atoms with van der Waals surface area (Å²) in [7, 11) is 1.06. The molecule has 0 spiro atoms. The highest BCUT2D eigenvalue weighted by Gasteiger charge is 2.29. The predicted molar refractivity (Wildman–Crippen MR) is 111 cm³/mol. The number of benzene rings is 2. The molecule has 164 valence electrons. The van der Waals surface area contributed by atoms with Gasteiger partial charge in [-0.1, -0.05) is 6.07 Å². The number of rotatable bonds is 7. The largest absolute Gasteiger partial charge is 0.493 e. The summed E-state index contributed by atoms with van der Waals surface area (Å²) in [6.45, 7) is 3.99. The maximum atomic E-state index is 13.5. The fourth-order valence-corrected chi connectivity index (χ4v) is 5.09. The second-order valence-corrected chi connectivity index (χ2v) is 9.02. The molecule has 0 bridgehead atoms. The second kappa shape index (κ2) is 9.20. The first-order valence-corrected chi connectivity index (χ1v) is 11.0. The van der Waals surface area contributed by atoms with E-state index < -0.39 is 15.8 Å².